The molecule has 0 aliphatic carbocycles. The van der Waals surface area contributed by atoms with E-state index in [1.54, 1.807) is 0 Å². The first-order valence-corrected chi connectivity index (χ1v) is 9.86. The lowest BCUT2D eigenvalue weighted by atomic mass is 9.97. The average molecular weight is 362 g/mol. The fraction of sp³-hybridized carbons (Fsp3) is 0.429. The Labute approximate surface area is 160 Å². The summed E-state index contributed by atoms with van der Waals surface area (Å²) in [5, 5.41) is 8.80. The number of imidazole rings is 1. The largest absolute Gasteiger partial charge is 0.342 e. The van der Waals surface area contributed by atoms with Crippen LogP contribution in [0.1, 0.15) is 49.8 Å². The molecule has 3 heterocycles. The number of piperidine rings is 1. The maximum Gasteiger partial charge on any atom is 0.245 e. The van der Waals surface area contributed by atoms with E-state index in [0.29, 0.717) is 5.92 Å². The molecule has 3 aromatic rings. The van der Waals surface area contributed by atoms with Crippen LogP contribution in [0.25, 0.3) is 11.3 Å². The monoisotopic (exact) mass is 362 g/mol. The normalized spacial score (nSPS) is 17.3. The van der Waals surface area contributed by atoms with E-state index in [1.807, 2.05) is 24.4 Å². The van der Waals surface area contributed by atoms with Gasteiger partial charge in [-0.3, -0.25) is 0 Å². The van der Waals surface area contributed by atoms with Crippen molar-refractivity contribution < 1.29 is 0 Å². The highest BCUT2D eigenvalue weighted by atomic mass is 15.3. The molecule has 0 bridgehead atoms. The Morgan fingerprint density at radius 3 is 2.67 bits per heavy atom. The van der Waals surface area contributed by atoms with Gasteiger partial charge in [0.05, 0.1) is 23.3 Å². The molecule has 0 spiro atoms. The van der Waals surface area contributed by atoms with Crippen LogP contribution in [0.3, 0.4) is 0 Å². The van der Waals surface area contributed by atoms with Crippen LogP contribution in [0.4, 0.5) is 5.95 Å². The maximum atomic E-state index is 4.79. The summed E-state index contributed by atoms with van der Waals surface area (Å²) in [5.74, 6) is 2.16. The Kier molecular flexibility index (Phi) is 5.14. The van der Waals surface area contributed by atoms with Crippen LogP contribution >= 0.6 is 0 Å². The highest BCUT2D eigenvalue weighted by Gasteiger charge is 2.26. The van der Waals surface area contributed by atoms with E-state index >= 15 is 0 Å². The molecule has 140 valence electrons. The number of hydrogen-bond acceptors (Lipinski definition) is 5. The van der Waals surface area contributed by atoms with Gasteiger partial charge in [-0.15, -0.1) is 5.10 Å². The van der Waals surface area contributed by atoms with Crippen molar-refractivity contribution in [2.45, 2.75) is 45.4 Å². The van der Waals surface area contributed by atoms with E-state index in [4.69, 9.17) is 4.98 Å². The van der Waals surface area contributed by atoms with Crippen molar-refractivity contribution in [3.05, 3.63) is 53.7 Å². The van der Waals surface area contributed by atoms with Crippen LogP contribution < -0.4 is 4.90 Å². The minimum absolute atomic E-state index is 0.357. The van der Waals surface area contributed by atoms with Crippen molar-refractivity contribution >= 4 is 5.95 Å². The Morgan fingerprint density at radius 1 is 1.07 bits per heavy atom. The van der Waals surface area contributed by atoms with Gasteiger partial charge in [0.25, 0.3) is 0 Å². The Hall–Kier alpha value is -2.76. The zero-order chi connectivity index (χ0) is 18.6. The van der Waals surface area contributed by atoms with Crippen molar-refractivity contribution in [3.63, 3.8) is 0 Å². The standard InChI is InChI=1S/C21H26N6/c1-3-17-18(4-2)25-26-21(24-17)27-12-8-11-16(14-27)20-22-13-19(23-20)15-9-6-5-7-10-15/h5-7,9-10,13,16H,3-4,8,11-12,14H2,1-2H3,(H,22,23). The van der Waals surface area contributed by atoms with Gasteiger partial charge in [0.15, 0.2) is 0 Å². The number of aromatic amines is 1. The topological polar surface area (TPSA) is 70.6 Å². The Bertz CT molecular complexity index is 889. The molecule has 1 aromatic carbocycles. The first-order valence-electron chi connectivity index (χ1n) is 9.86. The van der Waals surface area contributed by atoms with Gasteiger partial charge < -0.3 is 9.88 Å². The van der Waals surface area contributed by atoms with Gasteiger partial charge in [-0.2, -0.15) is 5.10 Å². The average Bonchev–Trinajstić information content (AvgIpc) is 3.24. The molecule has 1 aliphatic heterocycles. The summed E-state index contributed by atoms with van der Waals surface area (Å²) < 4.78 is 0. The summed E-state index contributed by atoms with van der Waals surface area (Å²) >= 11 is 0. The number of aryl methyl sites for hydroxylation is 2. The lowest BCUT2D eigenvalue weighted by Crippen LogP contribution is -2.36. The zero-order valence-corrected chi connectivity index (χ0v) is 16.0. The predicted octanol–water partition coefficient (Wildman–Crippen LogP) is 3.77. The molecule has 27 heavy (non-hydrogen) atoms. The second-order valence-corrected chi connectivity index (χ2v) is 7.05. The van der Waals surface area contributed by atoms with E-state index < -0.39 is 0 Å². The fourth-order valence-corrected chi connectivity index (χ4v) is 3.75. The number of H-pyrrole nitrogens is 1. The summed E-state index contributed by atoms with van der Waals surface area (Å²) in [6, 6.07) is 10.3. The molecule has 0 radical (unpaired) electrons. The molecule has 4 rings (SSSR count). The minimum Gasteiger partial charge on any atom is -0.342 e. The highest BCUT2D eigenvalue weighted by molar-refractivity contribution is 5.58. The molecule has 6 nitrogen and oxygen atoms in total. The Balaban J connectivity index is 1.53. The van der Waals surface area contributed by atoms with Crippen molar-refractivity contribution in [2.75, 3.05) is 18.0 Å². The second-order valence-electron chi connectivity index (χ2n) is 7.05. The summed E-state index contributed by atoms with van der Waals surface area (Å²) in [5.41, 5.74) is 4.31. The minimum atomic E-state index is 0.357. The van der Waals surface area contributed by atoms with Crippen molar-refractivity contribution in [1.29, 1.82) is 0 Å². The third kappa shape index (κ3) is 3.70. The lowest BCUT2D eigenvalue weighted by molar-refractivity contribution is 0.486. The predicted molar refractivity (Wildman–Crippen MR) is 107 cm³/mol. The highest BCUT2D eigenvalue weighted by Crippen LogP contribution is 2.28. The molecule has 1 saturated heterocycles. The van der Waals surface area contributed by atoms with E-state index in [2.05, 4.69) is 51.0 Å². The molecular weight excluding hydrogens is 336 g/mol. The van der Waals surface area contributed by atoms with E-state index in [0.717, 1.165) is 67.6 Å². The molecule has 1 aliphatic rings. The molecule has 1 atom stereocenters. The molecular formula is C21H26N6. The SMILES string of the molecule is CCc1nnc(N2CCCC(c3ncc(-c4ccccc4)[nH]3)C2)nc1CC. The smallest absolute Gasteiger partial charge is 0.245 e. The van der Waals surface area contributed by atoms with Gasteiger partial charge in [0.1, 0.15) is 5.82 Å². The van der Waals surface area contributed by atoms with Gasteiger partial charge in [0, 0.05) is 19.0 Å². The van der Waals surface area contributed by atoms with Crippen LogP contribution in [0.15, 0.2) is 36.5 Å². The van der Waals surface area contributed by atoms with E-state index in [-0.39, 0.29) is 0 Å². The fourth-order valence-electron chi connectivity index (χ4n) is 3.75. The first kappa shape index (κ1) is 17.6. The number of nitrogens with one attached hydrogen (secondary N) is 1. The van der Waals surface area contributed by atoms with Crippen molar-refractivity contribution in [1.82, 2.24) is 25.1 Å². The number of hydrogen-bond donors (Lipinski definition) is 1. The Morgan fingerprint density at radius 2 is 1.89 bits per heavy atom. The van der Waals surface area contributed by atoms with Crippen LogP contribution in [-0.4, -0.2) is 38.2 Å². The lowest BCUT2D eigenvalue weighted by Gasteiger charge is -2.31. The molecule has 0 saturated carbocycles. The first-order chi connectivity index (χ1) is 13.3. The molecule has 0 amide bonds. The number of rotatable bonds is 5. The van der Waals surface area contributed by atoms with Crippen LogP contribution in [0.5, 0.6) is 0 Å². The zero-order valence-electron chi connectivity index (χ0n) is 16.0. The number of aromatic nitrogens is 5. The number of nitrogens with zero attached hydrogens (tertiary/aromatic N) is 5. The van der Waals surface area contributed by atoms with Gasteiger partial charge >= 0.3 is 0 Å². The maximum absolute atomic E-state index is 4.79. The quantitative estimate of drug-likeness (QED) is 0.748. The number of anilines is 1. The van der Waals surface area contributed by atoms with Crippen LogP contribution in [0, 0.1) is 0 Å². The third-order valence-corrected chi connectivity index (χ3v) is 5.27. The van der Waals surface area contributed by atoms with Gasteiger partial charge in [-0.1, -0.05) is 44.2 Å². The second kappa shape index (κ2) is 7.86. The third-order valence-electron chi connectivity index (χ3n) is 5.27. The van der Waals surface area contributed by atoms with Gasteiger partial charge in [-0.05, 0) is 31.2 Å². The summed E-state index contributed by atoms with van der Waals surface area (Å²) in [6.07, 6.45) is 5.93. The summed E-state index contributed by atoms with van der Waals surface area (Å²) in [7, 11) is 0. The molecule has 1 unspecified atom stereocenters. The van der Waals surface area contributed by atoms with Crippen LogP contribution in [-0.2, 0) is 12.8 Å². The van der Waals surface area contributed by atoms with Crippen LogP contribution in [0.2, 0.25) is 0 Å². The van der Waals surface area contributed by atoms with Crippen molar-refractivity contribution in [2.24, 2.45) is 0 Å². The molecule has 2 aromatic heterocycles. The molecule has 6 heteroatoms. The molecule has 1 N–H and O–H groups in total. The summed E-state index contributed by atoms with van der Waals surface area (Å²) in [6.45, 7) is 6.07. The molecule has 1 fully saturated rings. The van der Waals surface area contributed by atoms with Crippen molar-refractivity contribution in [3.8, 4) is 11.3 Å². The number of benzene rings is 1. The van der Waals surface area contributed by atoms with Gasteiger partial charge in [0.2, 0.25) is 5.95 Å². The van der Waals surface area contributed by atoms with E-state index in [9.17, 15) is 0 Å². The summed E-state index contributed by atoms with van der Waals surface area (Å²) in [4.78, 5) is 15.2. The van der Waals surface area contributed by atoms with E-state index in [1.165, 1.54) is 5.56 Å². The van der Waals surface area contributed by atoms with Gasteiger partial charge in [-0.25, -0.2) is 9.97 Å².